The number of anilines is 2. The standard InChI is InChI=1S/C19H14N4O2/c1-12-10-18(24)25-17-11-13(5-6-14(12)17)22-19-21-9-7-16(23-19)15-4-2-3-8-20-15/h2-11H,1H3,(H,21,22,23). The minimum Gasteiger partial charge on any atom is -0.423 e. The Morgan fingerprint density at radius 3 is 2.72 bits per heavy atom. The van der Waals surface area contributed by atoms with Crippen molar-refractivity contribution in [2.75, 3.05) is 5.32 Å². The fraction of sp³-hybridized carbons (Fsp3) is 0.0526. The molecule has 0 saturated carbocycles. The normalized spacial score (nSPS) is 10.8. The van der Waals surface area contributed by atoms with Crippen molar-refractivity contribution < 1.29 is 4.42 Å². The molecule has 0 aliphatic heterocycles. The molecule has 6 nitrogen and oxygen atoms in total. The molecule has 3 aromatic heterocycles. The van der Waals surface area contributed by atoms with Gasteiger partial charge in [0.15, 0.2) is 0 Å². The molecule has 0 unspecified atom stereocenters. The molecular formula is C19H14N4O2. The number of aryl methyl sites for hydroxylation is 1. The van der Waals surface area contributed by atoms with Crippen molar-refractivity contribution in [2.45, 2.75) is 6.92 Å². The van der Waals surface area contributed by atoms with Crippen LogP contribution < -0.4 is 10.9 Å². The van der Waals surface area contributed by atoms with Crippen LogP contribution in [0.25, 0.3) is 22.4 Å². The first-order valence-electron chi connectivity index (χ1n) is 7.75. The van der Waals surface area contributed by atoms with Gasteiger partial charge in [-0.25, -0.2) is 14.8 Å². The first-order valence-corrected chi connectivity index (χ1v) is 7.75. The number of hydrogen-bond acceptors (Lipinski definition) is 6. The van der Waals surface area contributed by atoms with E-state index in [4.69, 9.17) is 4.42 Å². The molecular weight excluding hydrogens is 316 g/mol. The van der Waals surface area contributed by atoms with Gasteiger partial charge in [0, 0.05) is 35.6 Å². The smallest absolute Gasteiger partial charge is 0.336 e. The van der Waals surface area contributed by atoms with Gasteiger partial charge in [0.1, 0.15) is 5.58 Å². The Morgan fingerprint density at radius 2 is 1.88 bits per heavy atom. The maximum Gasteiger partial charge on any atom is 0.336 e. The number of aromatic nitrogens is 3. The third-order valence-electron chi connectivity index (χ3n) is 3.79. The van der Waals surface area contributed by atoms with Gasteiger partial charge in [-0.15, -0.1) is 0 Å². The lowest BCUT2D eigenvalue weighted by atomic mass is 10.1. The summed E-state index contributed by atoms with van der Waals surface area (Å²) in [6.45, 7) is 1.88. The second-order valence-corrected chi connectivity index (χ2v) is 5.56. The summed E-state index contributed by atoms with van der Waals surface area (Å²) in [5.74, 6) is 0.442. The Bertz CT molecular complexity index is 1110. The number of hydrogen-bond donors (Lipinski definition) is 1. The van der Waals surface area contributed by atoms with Crippen molar-refractivity contribution in [2.24, 2.45) is 0 Å². The fourth-order valence-electron chi connectivity index (χ4n) is 2.61. The van der Waals surface area contributed by atoms with Crippen molar-refractivity contribution in [1.29, 1.82) is 0 Å². The van der Waals surface area contributed by atoms with Gasteiger partial charge in [-0.1, -0.05) is 6.07 Å². The van der Waals surface area contributed by atoms with Crippen molar-refractivity contribution in [3.8, 4) is 11.4 Å². The number of benzene rings is 1. The summed E-state index contributed by atoms with van der Waals surface area (Å²) >= 11 is 0. The van der Waals surface area contributed by atoms with Crippen LogP contribution in [0.4, 0.5) is 11.6 Å². The van der Waals surface area contributed by atoms with Gasteiger partial charge < -0.3 is 9.73 Å². The monoisotopic (exact) mass is 330 g/mol. The maximum atomic E-state index is 11.6. The molecule has 0 saturated heterocycles. The van der Waals surface area contributed by atoms with E-state index in [9.17, 15) is 4.79 Å². The van der Waals surface area contributed by atoms with Crippen LogP contribution in [0.3, 0.4) is 0 Å². The van der Waals surface area contributed by atoms with Crippen molar-refractivity contribution >= 4 is 22.6 Å². The maximum absolute atomic E-state index is 11.6. The minimum atomic E-state index is -0.365. The number of fused-ring (bicyclic) bond motifs is 1. The topological polar surface area (TPSA) is 80.9 Å². The molecule has 4 rings (SSSR count). The highest BCUT2D eigenvalue weighted by molar-refractivity contribution is 5.83. The van der Waals surface area contributed by atoms with E-state index in [2.05, 4.69) is 20.3 Å². The lowest BCUT2D eigenvalue weighted by molar-refractivity contribution is 0.560. The molecule has 0 atom stereocenters. The van der Waals surface area contributed by atoms with E-state index in [0.29, 0.717) is 11.5 Å². The van der Waals surface area contributed by atoms with Crippen LogP contribution in [-0.4, -0.2) is 15.0 Å². The van der Waals surface area contributed by atoms with Gasteiger partial charge in [-0.2, -0.15) is 0 Å². The van der Waals surface area contributed by atoms with Crippen molar-refractivity contribution in [1.82, 2.24) is 15.0 Å². The Balaban J connectivity index is 1.69. The van der Waals surface area contributed by atoms with E-state index < -0.39 is 0 Å². The van der Waals surface area contributed by atoms with E-state index in [0.717, 1.165) is 28.0 Å². The summed E-state index contributed by atoms with van der Waals surface area (Å²) in [5, 5.41) is 4.03. The van der Waals surface area contributed by atoms with Gasteiger partial charge in [-0.3, -0.25) is 4.98 Å². The largest absolute Gasteiger partial charge is 0.423 e. The highest BCUT2D eigenvalue weighted by Gasteiger charge is 2.06. The van der Waals surface area contributed by atoms with Crippen LogP contribution >= 0.6 is 0 Å². The van der Waals surface area contributed by atoms with Crippen LogP contribution in [0.2, 0.25) is 0 Å². The van der Waals surface area contributed by atoms with Gasteiger partial charge >= 0.3 is 5.63 Å². The molecule has 0 aliphatic rings. The first kappa shape index (κ1) is 15.0. The fourth-order valence-corrected chi connectivity index (χ4v) is 2.61. The molecule has 0 radical (unpaired) electrons. The molecule has 0 aliphatic carbocycles. The molecule has 122 valence electrons. The van der Waals surface area contributed by atoms with E-state index in [1.807, 2.05) is 37.3 Å². The number of nitrogens with one attached hydrogen (secondary N) is 1. The molecule has 0 spiro atoms. The summed E-state index contributed by atoms with van der Waals surface area (Å²) in [5.41, 5.74) is 3.27. The summed E-state index contributed by atoms with van der Waals surface area (Å²) < 4.78 is 5.27. The molecule has 25 heavy (non-hydrogen) atoms. The second kappa shape index (κ2) is 6.16. The first-order chi connectivity index (χ1) is 12.2. The Hall–Kier alpha value is -3.54. The lowest BCUT2D eigenvalue weighted by Gasteiger charge is -2.07. The van der Waals surface area contributed by atoms with Crippen molar-refractivity contribution in [3.05, 3.63) is 76.9 Å². The number of rotatable bonds is 3. The summed E-state index contributed by atoms with van der Waals surface area (Å²) in [6.07, 6.45) is 3.39. The SMILES string of the molecule is Cc1cc(=O)oc2cc(Nc3nccc(-c4ccccn4)n3)ccc12. The third kappa shape index (κ3) is 3.10. The number of nitrogens with zero attached hydrogens (tertiary/aromatic N) is 3. The van der Waals surface area contributed by atoms with Gasteiger partial charge in [0.05, 0.1) is 11.4 Å². The zero-order chi connectivity index (χ0) is 17.2. The average Bonchev–Trinajstić information content (AvgIpc) is 2.62. The predicted molar refractivity (Wildman–Crippen MR) is 95.8 cm³/mol. The average molecular weight is 330 g/mol. The van der Waals surface area contributed by atoms with E-state index >= 15 is 0 Å². The number of pyridine rings is 1. The molecule has 3 heterocycles. The van der Waals surface area contributed by atoms with E-state index in [-0.39, 0.29) is 5.63 Å². The highest BCUT2D eigenvalue weighted by atomic mass is 16.4. The van der Waals surface area contributed by atoms with Gasteiger partial charge in [0.25, 0.3) is 0 Å². The van der Waals surface area contributed by atoms with Gasteiger partial charge in [0.2, 0.25) is 5.95 Å². The molecule has 0 bridgehead atoms. The van der Waals surface area contributed by atoms with Crippen LogP contribution in [0, 0.1) is 6.92 Å². The Morgan fingerprint density at radius 1 is 0.960 bits per heavy atom. The van der Waals surface area contributed by atoms with Gasteiger partial charge in [-0.05, 0) is 42.8 Å². The summed E-state index contributed by atoms with van der Waals surface area (Å²) in [7, 11) is 0. The second-order valence-electron chi connectivity index (χ2n) is 5.56. The molecule has 0 fully saturated rings. The summed E-state index contributed by atoms with van der Waals surface area (Å²) in [4.78, 5) is 24.6. The van der Waals surface area contributed by atoms with E-state index in [1.54, 1.807) is 24.5 Å². The highest BCUT2D eigenvalue weighted by Crippen LogP contribution is 2.23. The van der Waals surface area contributed by atoms with Crippen LogP contribution in [0.15, 0.2) is 70.1 Å². The van der Waals surface area contributed by atoms with Crippen LogP contribution in [0.1, 0.15) is 5.56 Å². The third-order valence-corrected chi connectivity index (χ3v) is 3.79. The Labute approximate surface area is 143 Å². The van der Waals surface area contributed by atoms with Crippen molar-refractivity contribution in [3.63, 3.8) is 0 Å². The minimum absolute atomic E-state index is 0.365. The van der Waals surface area contributed by atoms with Crippen LogP contribution in [-0.2, 0) is 0 Å². The molecule has 1 aromatic carbocycles. The molecule has 6 heteroatoms. The predicted octanol–water partition coefficient (Wildman–Crippen LogP) is 3.70. The zero-order valence-corrected chi connectivity index (χ0v) is 13.4. The zero-order valence-electron chi connectivity index (χ0n) is 13.4. The molecule has 4 aromatic rings. The Kier molecular flexibility index (Phi) is 3.70. The molecule has 1 N–H and O–H groups in total. The quantitative estimate of drug-likeness (QED) is 0.577. The lowest BCUT2D eigenvalue weighted by Crippen LogP contribution is -2.00. The van der Waals surface area contributed by atoms with E-state index in [1.165, 1.54) is 6.07 Å². The summed E-state index contributed by atoms with van der Waals surface area (Å²) in [6, 6.07) is 14.5. The molecule has 0 amide bonds. The van der Waals surface area contributed by atoms with Crippen LogP contribution in [0.5, 0.6) is 0 Å².